The lowest BCUT2D eigenvalue weighted by molar-refractivity contribution is -0.132. The zero-order valence-corrected chi connectivity index (χ0v) is 23.8. The molecule has 0 bridgehead atoms. The second kappa shape index (κ2) is 18.5. The van der Waals surface area contributed by atoms with E-state index in [0.717, 1.165) is 29.1 Å². The number of likely N-dealkylation sites (N-methyl/N-ethyl adjacent to an activating group) is 2. The van der Waals surface area contributed by atoms with Crippen molar-refractivity contribution < 1.29 is 9.53 Å². The molecule has 1 amide bonds. The van der Waals surface area contributed by atoms with Gasteiger partial charge in [0.05, 0.1) is 6.54 Å². The van der Waals surface area contributed by atoms with Crippen molar-refractivity contribution in [2.45, 2.75) is 40.8 Å². The predicted molar refractivity (Wildman–Crippen MR) is 159 cm³/mol. The number of nitrogens with one attached hydrogen (secondary N) is 2. The number of hydrazine groups is 1. The van der Waals surface area contributed by atoms with Gasteiger partial charge in [-0.15, -0.1) is 13.2 Å². The highest BCUT2D eigenvalue weighted by Crippen LogP contribution is 2.28. The lowest BCUT2D eigenvalue weighted by Crippen LogP contribution is -2.38. The van der Waals surface area contributed by atoms with Gasteiger partial charge in [0.25, 0.3) is 5.91 Å². The highest BCUT2D eigenvalue weighted by Gasteiger charge is 2.36. The van der Waals surface area contributed by atoms with Gasteiger partial charge in [0.2, 0.25) is 0 Å². The standard InChI is InChI=1S/C22H32N6O2.C3H7N.C3H6/c1-8-10-28-22(29)19(14-24-6)21(27(28)7)26-17(4)25-18-12-15(2)20(16(3)13-18)30-11-9-23-5;1-3-4-2;1-3-2/h8,12-14,17,23,25H,1,6,9-11H2,2-5,7H3;3H,1-2H3;3H,1H2,2H3/b19-14+,26-21+;;. The van der Waals surface area contributed by atoms with Gasteiger partial charge < -0.3 is 20.4 Å². The normalized spacial score (nSPS) is 15.6. The van der Waals surface area contributed by atoms with Crippen LogP contribution in [0.5, 0.6) is 5.75 Å². The molecule has 1 fully saturated rings. The first-order valence-electron chi connectivity index (χ1n) is 12.2. The van der Waals surface area contributed by atoms with Gasteiger partial charge in [0, 0.05) is 32.5 Å². The Labute approximate surface area is 223 Å². The van der Waals surface area contributed by atoms with E-state index >= 15 is 0 Å². The molecule has 1 atom stereocenters. The Morgan fingerprint density at radius 3 is 2.22 bits per heavy atom. The Morgan fingerprint density at radius 2 is 1.76 bits per heavy atom. The molecule has 0 spiro atoms. The van der Waals surface area contributed by atoms with Crippen molar-refractivity contribution in [2.24, 2.45) is 15.0 Å². The average Bonchev–Trinajstić information content (AvgIpc) is 3.06. The van der Waals surface area contributed by atoms with Crippen molar-refractivity contribution in [1.82, 2.24) is 15.3 Å². The smallest absolute Gasteiger partial charge is 0.278 e. The molecule has 37 heavy (non-hydrogen) atoms. The molecule has 1 unspecified atom stereocenters. The molecule has 9 nitrogen and oxygen atoms in total. The molecule has 0 radical (unpaired) electrons. The number of ether oxygens (including phenoxy) is 1. The fraction of sp³-hybridized carbons (Fsp3) is 0.429. The summed E-state index contributed by atoms with van der Waals surface area (Å²) >= 11 is 0. The maximum Gasteiger partial charge on any atom is 0.278 e. The maximum atomic E-state index is 12.6. The number of allylic oxidation sites excluding steroid dienone is 1. The number of hydrogen-bond donors (Lipinski definition) is 2. The lowest BCUT2D eigenvalue weighted by atomic mass is 10.1. The summed E-state index contributed by atoms with van der Waals surface area (Å²) in [6.45, 7) is 22.1. The van der Waals surface area contributed by atoms with Crippen LogP contribution in [0.1, 0.15) is 31.9 Å². The molecule has 1 aromatic carbocycles. The largest absolute Gasteiger partial charge is 0.492 e. The number of nitrogens with zero attached hydrogens (tertiary/aromatic N) is 5. The number of carbonyl (C=O) groups is 1. The Kier molecular flexibility index (Phi) is 16.7. The first-order chi connectivity index (χ1) is 17.7. The Morgan fingerprint density at radius 1 is 1.19 bits per heavy atom. The van der Waals surface area contributed by atoms with E-state index in [0.29, 0.717) is 24.6 Å². The van der Waals surface area contributed by atoms with Crippen LogP contribution in [-0.4, -0.2) is 81.7 Å². The van der Waals surface area contributed by atoms with Gasteiger partial charge in [-0.3, -0.25) is 14.8 Å². The maximum absolute atomic E-state index is 12.6. The van der Waals surface area contributed by atoms with E-state index in [1.165, 1.54) is 6.20 Å². The van der Waals surface area contributed by atoms with Gasteiger partial charge in [-0.2, -0.15) is 0 Å². The molecule has 204 valence electrons. The molecule has 0 saturated carbocycles. The van der Waals surface area contributed by atoms with Crippen LogP contribution in [0, 0.1) is 13.8 Å². The van der Waals surface area contributed by atoms with E-state index in [1.807, 2.05) is 53.8 Å². The molecule has 1 heterocycles. The average molecular weight is 512 g/mol. The predicted octanol–water partition coefficient (Wildman–Crippen LogP) is 4.42. The van der Waals surface area contributed by atoms with Crippen molar-refractivity contribution in [3.05, 3.63) is 60.3 Å². The minimum absolute atomic E-state index is 0.175. The fourth-order valence-corrected chi connectivity index (χ4v) is 3.32. The molecule has 0 aliphatic carbocycles. The Hall–Kier alpha value is -3.72. The summed E-state index contributed by atoms with van der Waals surface area (Å²) in [6, 6.07) is 4.07. The highest BCUT2D eigenvalue weighted by molar-refractivity contribution is 6.24. The van der Waals surface area contributed by atoms with Crippen molar-refractivity contribution in [3.8, 4) is 5.75 Å². The summed E-state index contributed by atoms with van der Waals surface area (Å²) in [7, 11) is 5.44. The zero-order chi connectivity index (χ0) is 28.4. The number of benzene rings is 1. The van der Waals surface area contributed by atoms with Gasteiger partial charge in [-0.1, -0.05) is 12.2 Å². The summed E-state index contributed by atoms with van der Waals surface area (Å²) in [5.74, 6) is 1.26. The van der Waals surface area contributed by atoms with Gasteiger partial charge in [-0.05, 0) is 77.9 Å². The van der Waals surface area contributed by atoms with Crippen LogP contribution < -0.4 is 15.4 Å². The Bertz CT molecular complexity index is 956. The van der Waals surface area contributed by atoms with Gasteiger partial charge >= 0.3 is 0 Å². The number of aliphatic imine (C=N–C) groups is 3. The number of hydrogen-bond acceptors (Lipinski definition) is 7. The lowest BCUT2D eigenvalue weighted by Gasteiger charge is -2.24. The SMILES string of the molecule is C=CC.C=CCN1C(=O)C(=C/N=C)/C(=N\C(C)Nc2cc(C)c(OCCNC)c(C)c2)N1C.CC=NC. The van der Waals surface area contributed by atoms with E-state index in [2.05, 4.69) is 40.5 Å². The number of aryl methyl sites for hydroxylation is 2. The molecular weight excluding hydrogens is 466 g/mol. The third kappa shape index (κ3) is 10.8. The summed E-state index contributed by atoms with van der Waals surface area (Å²) in [4.78, 5) is 24.7. The van der Waals surface area contributed by atoms with Crippen LogP contribution in [0.15, 0.2) is 64.2 Å². The van der Waals surface area contributed by atoms with E-state index in [4.69, 9.17) is 9.73 Å². The third-order valence-corrected chi connectivity index (χ3v) is 4.91. The van der Waals surface area contributed by atoms with Crippen molar-refractivity contribution in [3.63, 3.8) is 0 Å². The molecule has 1 aromatic rings. The van der Waals surface area contributed by atoms with Crippen LogP contribution in [0.4, 0.5) is 5.69 Å². The fourth-order valence-electron chi connectivity index (χ4n) is 3.32. The summed E-state index contributed by atoms with van der Waals surface area (Å²) in [5, 5.41) is 9.73. The van der Waals surface area contributed by atoms with Gasteiger partial charge in [-0.25, -0.2) is 10.0 Å². The number of amidine groups is 1. The van der Waals surface area contributed by atoms with Crippen LogP contribution in [0.25, 0.3) is 0 Å². The van der Waals surface area contributed by atoms with E-state index in [9.17, 15) is 4.79 Å². The minimum Gasteiger partial charge on any atom is -0.492 e. The zero-order valence-electron chi connectivity index (χ0n) is 23.8. The summed E-state index contributed by atoms with van der Waals surface area (Å²) in [6.07, 6.45) is 6.34. The molecule has 0 aromatic heterocycles. The van der Waals surface area contributed by atoms with Crippen LogP contribution >= 0.6 is 0 Å². The van der Waals surface area contributed by atoms with Crippen molar-refractivity contribution in [1.29, 1.82) is 0 Å². The molecule has 9 heteroatoms. The minimum atomic E-state index is -0.276. The van der Waals surface area contributed by atoms with Crippen molar-refractivity contribution >= 4 is 30.4 Å². The van der Waals surface area contributed by atoms with Crippen LogP contribution in [-0.2, 0) is 4.79 Å². The van der Waals surface area contributed by atoms with Gasteiger partial charge in [0.1, 0.15) is 24.1 Å². The number of anilines is 1. The van der Waals surface area contributed by atoms with Gasteiger partial charge in [0.15, 0.2) is 5.84 Å². The van der Waals surface area contributed by atoms with E-state index in [1.54, 1.807) is 42.5 Å². The molecule has 1 saturated heterocycles. The molecule has 1 aliphatic heterocycles. The second-order valence-electron chi connectivity index (χ2n) is 8.01. The number of carbonyl (C=O) groups excluding carboxylic acids is 1. The molecule has 2 rings (SSSR count). The molecule has 2 N–H and O–H groups in total. The van der Waals surface area contributed by atoms with E-state index < -0.39 is 0 Å². The highest BCUT2D eigenvalue weighted by atomic mass is 16.5. The van der Waals surface area contributed by atoms with Crippen molar-refractivity contribution in [2.75, 3.05) is 46.2 Å². The number of rotatable bonds is 10. The first-order valence-corrected chi connectivity index (χ1v) is 12.2. The summed E-state index contributed by atoms with van der Waals surface area (Å²) in [5.41, 5.74) is 3.44. The van der Waals surface area contributed by atoms with Crippen LogP contribution in [0.2, 0.25) is 0 Å². The number of amides is 1. The first kappa shape index (κ1) is 33.3. The molecule has 1 aliphatic rings. The van der Waals surface area contributed by atoms with E-state index in [-0.39, 0.29) is 12.1 Å². The monoisotopic (exact) mass is 511 g/mol. The molecular formula is C28H45N7O2. The topological polar surface area (TPSA) is 93.9 Å². The Balaban J connectivity index is 0.00000165. The second-order valence-corrected chi connectivity index (χ2v) is 8.01. The summed E-state index contributed by atoms with van der Waals surface area (Å²) < 4.78 is 5.88. The van der Waals surface area contributed by atoms with Crippen LogP contribution in [0.3, 0.4) is 0 Å². The third-order valence-electron chi connectivity index (χ3n) is 4.91. The quantitative estimate of drug-likeness (QED) is 0.210.